The van der Waals surface area contributed by atoms with Gasteiger partial charge in [-0.05, 0) is 37.0 Å². The third-order valence-corrected chi connectivity index (χ3v) is 5.42. The molecule has 3 aromatic rings. The van der Waals surface area contributed by atoms with E-state index < -0.39 is 0 Å². The number of hydrogen-bond acceptors (Lipinski definition) is 4. The van der Waals surface area contributed by atoms with Crippen LogP contribution >= 0.6 is 22.9 Å². The fraction of sp³-hybridized carbons (Fsp3) is 0.188. The van der Waals surface area contributed by atoms with E-state index in [0.717, 1.165) is 34.5 Å². The van der Waals surface area contributed by atoms with Gasteiger partial charge in [0.1, 0.15) is 5.69 Å². The van der Waals surface area contributed by atoms with Gasteiger partial charge < -0.3 is 10.3 Å². The second-order valence-corrected chi connectivity index (χ2v) is 6.71. The van der Waals surface area contributed by atoms with Crippen LogP contribution in [0.15, 0.2) is 34.9 Å². The number of nitrogens with two attached hydrogens (primary N) is 1. The fourth-order valence-electron chi connectivity index (χ4n) is 2.84. The quantitative estimate of drug-likeness (QED) is 0.739. The third kappa shape index (κ3) is 2.06. The molecule has 1 aliphatic rings. The maximum atomic E-state index is 6.30. The van der Waals surface area contributed by atoms with Crippen molar-refractivity contribution in [2.45, 2.75) is 19.3 Å². The van der Waals surface area contributed by atoms with Crippen LogP contribution in [0.2, 0.25) is 5.02 Å². The van der Waals surface area contributed by atoms with Crippen molar-refractivity contribution in [2.75, 3.05) is 5.73 Å². The Morgan fingerprint density at radius 2 is 2.10 bits per heavy atom. The largest absolute Gasteiger partial charge is 0.367 e. The average Bonchev–Trinajstić information content (AvgIpc) is 3.13. The monoisotopic (exact) mass is 316 g/mol. The second kappa shape index (κ2) is 4.90. The lowest BCUT2D eigenvalue weighted by molar-refractivity contribution is 0.439. The van der Waals surface area contributed by atoms with Gasteiger partial charge in [0.05, 0.1) is 10.4 Å². The van der Waals surface area contributed by atoms with E-state index in [1.54, 1.807) is 11.3 Å². The number of fused-ring (bicyclic) bond motifs is 1. The van der Waals surface area contributed by atoms with Crippen LogP contribution in [-0.4, -0.2) is 5.16 Å². The highest BCUT2D eigenvalue weighted by Crippen LogP contribution is 2.43. The lowest BCUT2D eigenvalue weighted by Gasteiger charge is -2.03. The second-order valence-electron chi connectivity index (χ2n) is 5.16. The Bertz CT molecular complexity index is 800. The highest BCUT2D eigenvalue weighted by molar-refractivity contribution is 7.15. The van der Waals surface area contributed by atoms with E-state index in [9.17, 15) is 0 Å². The summed E-state index contributed by atoms with van der Waals surface area (Å²) in [7, 11) is 0. The molecule has 0 bridgehead atoms. The van der Waals surface area contributed by atoms with E-state index in [0.29, 0.717) is 10.9 Å². The van der Waals surface area contributed by atoms with E-state index in [-0.39, 0.29) is 0 Å². The maximum Gasteiger partial charge on any atom is 0.230 e. The standard InChI is InChI=1S/C16H13ClN2OS/c17-11-6-2-1-5-10(11)14-15(19-20-16(14)18)13-8-9-4-3-7-12(9)21-13/h1-2,5-6,8H,3-4,7,18H2. The molecule has 0 fully saturated rings. The molecular formula is C16H13ClN2OS. The van der Waals surface area contributed by atoms with Crippen LogP contribution in [0, 0.1) is 0 Å². The van der Waals surface area contributed by atoms with Gasteiger partial charge in [-0.3, -0.25) is 0 Å². The first kappa shape index (κ1) is 12.9. The summed E-state index contributed by atoms with van der Waals surface area (Å²) in [5.41, 5.74) is 9.87. The van der Waals surface area contributed by atoms with E-state index in [1.807, 2.05) is 24.3 Å². The summed E-state index contributed by atoms with van der Waals surface area (Å²) in [4.78, 5) is 2.56. The van der Waals surface area contributed by atoms with Gasteiger partial charge >= 0.3 is 0 Å². The number of halogens is 1. The van der Waals surface area contributed by atoms with Crippen molar-refractivity contribution in [3.63, 3.8) is 0 Å². The summed E-state index contributed by atoms with van der Waals surface area (Å²) >= 11 is 8.08. The van der Waals surface area contributed by atoms with Crippen LogP contribution in [0.5, 0.6) is 0 Å². The van der Waals surface area contributed by atoms with Crippen LogP contribution in [0.1, 0.15) is 16.9 Å². The van der Waals surface area contributed by atoms with Gasteiger partial charge in [0.15, 0.2) is 0 Å². The summed E-state index contributed by atoms with van der Waals surface area (Å²) in [6.45, 7) is 0. The molecule has 0 spiro atoms. The van der Waals surface area contributed by atoms with Gasteiger partial charge in [0, 0.05) is 15.5 Å². The number of aryl methyl sites for hydroxylation is 2. The highest BCUT2D eigenvalue weighted by Gasteiger charge is 2.23. The lowest BCUT2D eigenvalue weighted by Crippen LogP contribution is -1.87. The topological polar surface area (TPSA) is 52.0 Å². The molecule has 0 radical (unpaired) electrons. The molecule has 4 rings (SSSR count). The predicted molar refractivity (Wildman–Crippen MR) is 86.7 cm³/mol. The van der Waals surface area contributed by atoms with E-state index >= 15 is 0 Å². The molecule has 21 heavy (non-hydrogen) atoms. The van der Waals surface area contributed by atoms with Gasteiger partial charge in [0.25, 0.3) is 0 Å². The molecule has 2 heterocycles. The molecular weight excluding hydrogens is 304 g/mol. The summed E-state index contributed by atoms with van der Waals surface area (Å²) in [6, 6.07) is 9.84. The Morgan fingerprint density at radius 3 is 2.90 bits per heavy atom. The number of aromatic nitrogens is 1. The van der Waals surface area contributed by atoms with Crippen LogP contribution in [0.3, 0.4) is 0 Å². The van der Waals surface area contributed by atoms with Crippen molar-refractivity contribution in [2.24, 2.45) is 0 Å². The first-order chi connectivity index (χ1) is 10.2. The van der Waals surface area contributed by atoms with Crippen molar-refractivity contribution in [1.29, 1.82) is 0 Å². The number of nitrogens with zero attached hydrogens (tertiary/aromatic N) is 1. The molecule has 0 unspecified atom stereocenters. The summed E-state index contributed by atoms with van der Waals surface area (Å²) in [5.74, 6) is 0.312. The number of nitrogen functional groups attached to an aromatic ring is 1. The Hall–Kier alpha value is -1.78. The van der Waals surface area contributed by atoms with Crippen molar-refractivity contribution < 1.29 is 4.52 Å². The zero-order valence-electron chi connectivity index (χ0n) is 11.2. The smallest absolute Gasteiger partial charge is 0.230 e. The molecule has 1 aliphatic carbocycles. The summed E-state index contributed by atoms with van der Waals surface area (Å²) in [5, 5.41) is 4.82. The molecule has 0 atom stereocenters. The number of benzene rings is 1. The molecule has 1 aromatic carbocycles. The molecule has 0 amide bonds. The first-order valence-corrected chi connectivity index (χ1v) is 8.05. The van der Waals surface area contributed by atoms with Crippen LogP contribution in [0.25, 0.3) is 21.7 Å². The molecule has 0 saturated heterocycles. The minimum Gasteiger partial charge on any atom is -0.367 e. The summed E-state index contributed by atoms with van der Waals surface area (Å²) in [6.07, 6.45) is 3.56. The van der Waals surface area contributed by atoms with Gasteiger partial charge in [-0.2, -0.15) is 0 Å². The Morgan fingerprint density at radius 1 is 1.24 bits per heavy atom. The minimum atomic E-state index is 0.312. The van der Waals surface area contributed by atoms with Crippen molar-refractivity contribution in [3.8, 4) is 21.7 Å². The van der Waals surface area contributed by atoms with Crippen molar-refractivity contribution in [3.05, 3.63) is 45.8 Å². The Kier molecular flexibility index (Phi) is 3.01. The predicted octanol–water partition coefficient (Wildman–Crippen LogP) is 4.79. The summed E-state index contributed by atoms with van der Waals surface area (Å²) < 4.78 is 5.24. The lowest BCUT2D eigenvalue weighted by atomic mass is 10.0. The number of hydrogen-bond donors (Lipinski definition) is 1. The minimum absolute atomic E-state index is 0.312. The first-order valence-electron chi connectivity index (χ1n) is 6.86. The molecule has 0 saturated carbocycles. The van der Waals surface area contributed by atoms with E-state index in [1.165, 1.54) is 16.9 Å². The van der Waals surface area contributed by atoms with Crippen LogP contribution in [-0.2, 0) is 12.8 Å². The molecule has 2 N–H and O–H groups in total. The van der Waals surface area contributed by atoms with Gasteiger partial charge in [0.2, 0.25) is 5.88 Å². The normalized spacial score (nSPS) is 13.6. The van der Waals surface area contributed by atoms with E-state index in [2.05, 4.69) is 11.2 Å². The highest BCUT2D eigenvalue weighted by atomic mass is 35.5. The van der Waals surface area contributed by atoms with Crippen molar-refractivity contribution >= 4 is 28.8 Å². The van der Waals surface area contributed by atoms with Gasteiger partial charge in [-0.1, -0.05) is 35.0 Å². The zero-order valence-corrected chi connectivity index (χ0v) is 12.8. The molecule has 5 heteroatoms. The van der Waals surface area contributed by atoms with Gasteiger partial charge in [-0.15, -0.1) is 11.3 Å². The Balaban J connectivity index is 1.89. The molecule has 3 nitrogen and oxygen atoms in total. The van der Waals surface area contributed by atoms with Crippen LogP contribution in [0.4, 0.5) is 5.88 Å². The third-order valence-electron chi connectivity index (χ3n) is 3.84. The zero-order chi connectivity index (χ0) is 14.4. The Labute approximate surface area is 131 Å². The van der Waals surface area contributed by atoms with Crippen LogP contribution < -0.4 is 5.73 Å². The fourth-order valence-corrected chi connectivity index (χ4v) is 4.31. The molecule has 106 valence electrons. The molecule has 2 aromatic heterocycles. The average molecular weight is 317 g/mol. The number of anilines is 1. The SMILES string of the molecule is Nc1onc(-c2cc3c(s2)CCC3)c1-c1ccccc1Cl. The maximum absolute atomic E-state index is 6.30. The number of rotatable bonds is 2. The van der Waals surface area contributed by atoms with Crippen molar-refractivity contribution in [1.82, 2.24) is 5.16 Å². The number of thiophene rings is 1. The van der Waals surface area contributed by atoms with Gasteiger partial charge in [-0.25, -0.2) is 0 Å². The van der Waals surface area contributed by atoms with E-state index in [4.69, 9.17) is 21.9 Å². The molecule has 0 aliphatic heterocycles.